The van der Waals surface area contributed by atoms with Crippen LogP contribution in [-0.2, 0) is 11.3 Å². The third-order valence-corrected chi connectivity index (χ3v) is 4.77. The molecule has 8 heteroatoms. The molecular weight excluding hydrogens is 391 g/mol. The second-order valence-corrected chi connectivity index (χ2v) is 6.92. The Morgan fingerprint density at radius 3 is 2.52 bits per heavy atom. The molecule has 2 aromatic rings. The molecule has 1 aromatic heterocycles. The van der Waals surface area contributed by atoms with Crippen molar-refractivity contribution < 1.29 is 9.18 Å². The Hall–Kier alpha value is -2.22. The highest BCUT2D eigenvalue weighted by atomic mass is 79.9. The van der Waals surface area contributed by atoms with Gasteiger partial charge in [-0.3, -0.25) is 9.59 Å². The molecule has 0 bridgehead atoms. The molecule has 1 aliphatic rings. The van der Waals surface area contributed by atoms with Crippen LogP contribution in [0, 0.1) is 11.7 Å². The highest BCUT2D eigenvalue weighted by Gasteiger charge is 2.25. The highest BCUT2D eigenvalue weighted by Crippen LogP contribution is 2.21. The molecule has 2 N–H and O–H groups in total. The van der Waals surface area contributed by atoms with E-state index in [-0.39, 0.29) is 23.2 Å². The Morgan fingerprint density at radius 2 is 1.92 bits per heavy atom. The van der Waals surface area contributed by atoms with Crippen molar-refractivity contribution in [3.05, 3.63) is 56.8 Å². The summed E-state index contributed by atoms with van der Waals surface area (Å²) in [6.45, 7) is 1.44. The first-order valence-corrected chi connectivity index (χ1v) is 8.79. The molecule has 0 spiro atoms. The maximum Gasteiger partial charge on any atom is 0.293 e. The number of hydrogen-bond acceptors (Lipinski definition) is 4. The molecule has 25 heavy (non-hydrogen) atoms. The largest absolute Gasteiger partial charge is 0.369 e. The fourth-order valence-electron chi connectivity index (χ4n) is 2.98. The van der Waals surface area contributed by atoms with Crippen LogP contribution in [0.2, 0.25) is 0 Å². The summed E-state index contributed by atoms with van der Waals surface area (Å²) in [5, 5.41) is 0. The first-order valence-electron chi connectivity index (χ1n) is 7.99. The Balaban J connectivity index is 1.84. The van der Waals surface area contributed by atoms with E-state index < -0.39 is 0 Å². The monoisotopic (exact) mass is 408 g/mol. The summed E-state index contributed by atoms with van der Waals surface area (Å²) >= 11 is 3.34. The van der Waals surface area contributed by atoms with Gasteiger partial charge < -0.3 is 15.2 Å². The summed E-state index contributed by atoms with van der Waals surface area (Å²) in [5.74, 6) is -0.412. The van der Waals surface area contributed by atoms with Gasteiger partial charge in [-0.25, -0.2) is 9.37 Å². The quantitative estimate of drug-likeness (QED) is 0.837. The summed E-state index contributed by atoms with van der Waals surface area (Å²) in [5.41, 5.74) is 5.95. The number of nitrogens with zero attached hydrogens (tertiary/aromatic N) is 3. The van der Waals surface area contributed by atoms with Crippen LogP contribution in [0.4, 0.5) is 10.2 Å². The van der Waals surface area contributed by atoms with E-state index in [1.807, 2.05) is 4.90 Å². The van der Waals surface area contributed by atoms with Crippen LogP contribution in [0.3, 0.4) is 0 Å². The van der Waals surface area contributed by atoms with Crippen LogP contribution in [0.5, 0.6) is 0 Å². The average Bonchev–Trinajstić information content (AvgIpc) is 2.60. The molecule has 1 saturated heterocycles. The van der Waals surface area contributed by atoms with Crippen molar-refractivity contribution in [1.29, 1.82) is 0 Å². The summed E-state index contributed by atoms with van der Waals surface area (Å²) in [4.78, 5) is 30.3. The van der Waals surface area contributed by atoms with Crippen molar-refractivity contribution in [3.8, 4) is 0 Å². The first-order chi connectivity index (χ1) is 11.9. The Labute approximate surface area is 152 Å². The Morgan fingerprint density at radius 1 is 1.28 bits per heavy atom. The number of rotatable bonds is 4. The van der Waals surface area contributed by atoms with Gasteiger partial charge in [0.25, 0.3) is 5.56 Å². The van der Waals surface area contributed by atoms with Gasteiger partial charge in [0.2, 0.25) is 5.91 Å². The van der Waals surface area contributed by atoms with E-state index >= 15 is 0 Å². The number of halogens is 2. The minimum Gasteiger partial charge on any atom is -0.369 e. The normalized spacial score (nSPS) is 15.4. The summed E-state index contributed by atoms with van der Waals surface area (Å²) in [6, 6.07) is 6.03. The number of aromatic nitrogens is 2. The van der Waals surface area contributed by atoms with Crippen molar-refractivity contribution in [3.63, 3.8) is 0 Å². The van der Waals surface area contributed by atoms with Crippen LogP contribution < -0.4 is 16.2 Å². The molecule has 1 fully saturated rings. The lowest BCUT2D eigenvalue weighted by Gasteiger charge is -2.31. The number of anilines is 1. The minimum atomic E-state index is -0.315. The maximum atomic E-state index is 13.0. The van der Waals surface area contributed by atoms with Crippen molar-refractivity contribution in [2.24, 2.45) is 11.7 Å². The lowest BCUT2D eigenvalue weighted by atomic mass is 9.96. The molecule has 0 saturated carbocycles. The van der Waals surface area contributed by atoms with Crippen LogP contribution in [0.1, 0.15) is 18.4 Å². The number of amides is 1. The van der Waals surface area contributed by atoms with E-state index in [9.17, 15) is 14.0 Å². The molecule has 6 nitrogen and oxygen atoms in total. The van der Waals surface area contributed by atoms with Gasteiger partial charge in [-0.2, -0.15) is 0 Å². The molecule has 2 heterocycles. The molecule has 0 atom stereocenters. The zero-order valence-electron chi connectivity index (χ0n) is 13.5. The smallest absolute Gasteiger partial charge is 0.293 e. The van der Waals surface area contributed by atoms with Crippen molar-refractivity contribution in [2.75, 3.05) is 18.0 Å². The predicted octanol–water partition coefficient (Wildman–Crippen LogP) is 1.89. The second kappa shape index (κ2) is 7.35. The van der Waals surface area contributed by atoms with Crippen molar-refractivity contribution in [2.45, 2.75) is 19.4 Å². The van der Waals surface area contributed by atoms with Gasteiger partial charge in [-0.05, 0) is 46.5 Å². The molecule has 132 valence electrons. The highest BCUT2D eigenvalue weighted by molar-refractivity contribution is 9.10. The fourth-order valence-corrected chi connectivity index (χ4v) is 3.39. The third kappa shape index (κ3) is 4.07. The van der Waals surface area contributed by atoms with Crippen LogP contribution >= 0.6 is 15.9 Å². The van der Waals surface area contributed by atoms with Crippen molar-refractivity contribution >= 4 is 27.7 Å². The zero-order chi connectivity index (χ0) is 18.0. The fraction of sp³-hybridized carbons (Fsp3) is 0.353. The Kier molecular flexibility index (Phi) is 5.17. The predicted molar refractivity (Wildman–Crippen MR) is 95.8 cm³/mol. The summed E-state index contributed by atoms with van der Waals surface area (Å²) in [7, 11) is 0. The third-order valence-electron chi connectivity index (χ3n) is 4.39. The number of carbonyl (C=O) groups excluding carboxylic acids is 1. The number of piperidine rings is 1. The number of carbonyl (C=O) groups is 1. The lowest BCUT2D eigenvalue weighted by molar-refractivity contribution is -0.122. The van der Waals surface area contributed by atoms with E-state index in [1.54, 1.807) is 22.9 Å². The number of hydrogen-bond donors (Lipinski definition) is 1. The van der Waals surface area contributed by atoms with E-state index in [1.165, 1.54) is 12.1 Å². The molecule has 0 radical (unpaired) electrons. The summed E-state index contributed by atoms with van der Waals surface area (Å²) in [6.07, 6.45) is 2.84. The topological polar surface area (TPSA) is 81.2 Å². The summed E-state index contributed by atoms with van der Waals surface area (Å²) < 4.78 is 15.1. The van der Waals surface area contributed by atoms with Crippen LogP contribution in [-0.4, -0.2) is 28.5 Å². The van der Waals surface area contributed by atoms with Gasteiger partial charge >= 0.3 is 0 Å². The SMILES string of the molecule is NC(=O)C1CCN(c2nc(Br)cn(Cc3ccc(F)cc3)c2=O)CC1. The van der Waals surface area contributed by atoms with Gasteiger partial charge in [-0.15, -0.1) is 0 Å². The van der Waals surface area contributed by atoms with Gasteiger partial charge in [0.1, 0.15) is 10.4 Å². The Bertz CT molecular complexity index is 830. The lowest BCUT2D eigenvalue weighted by Crippen LogP contribution is -2.42. The van der Waals surface area contributed by atoms with E-state index in [0.29, 0.717) is 42.9 Å². The molecular formula is C17H18BrFN4O2. The van der Waals surface area contributed by atoms with Crippen LogP contribution in [0.25, 0.3) is 0 Å². The molecule has 3 rings (SSSR count). The number of primary amides is 1. The molecule has 1 amide bonds. The van der Waals surface area contributed by atoms with Gasteiger partial charge in [0.05, 0.1) is 6.54 Å². The minimum absolute atomic E-state index is 0.148. The standard InChI is InChI=1S/C17H18BrFN4O2/c18-14-10-23(9-11-1-3-13(19)4-2-11)17(25)16(21-14)22-7-5-12(6-8-22)15(20)24/h1-4,10,12H,5-9H2,(H2,20,24). The molecule has 0 aliphatic carbocycles. The van der Waals surface area contributed by atoms with Crippen LogP contribution in [0.15, 0.2) is 39.9 Å². The van der Waals surface area contributed by atoms with Gasteiger partial charge in [0.15, 0.2) is 5.82 Å². The van der Waals surface area contributed by atoms with Crippen molar-refractivity contribution in [1.82, 2.24) is 9.55 Å². The molecule has 1 aromatic carbocycles. The number of nitrogens with two attached hydrogens (primary N) is 1. The molecule has 1 aliphatic heterocycles. The molecule has 0 unspecified atom stereocenters. The van der Waals surface area contributed by atoms with Gasteiger partial charge in [0, 0.05) is 25.2 Å². The second-order valence-electron chi connectivity index (χ2n) is 6.11. The van der Waals surface area contributed by atoms with Gasteiger partial charge in [-0.1, -0.05) is 12.1 Å². The first kappa shape index (κ1) is 17.6. The van der Waals surface area contributed by atoms with E-state index in [0.717, 1.165) is 5.56 Å². The maximum absolute atomic E-state index is 13.0. The van der Waals surface area contributed by atoms with E-state index in [2.05, 4.69) is 20.9 Å². The number of benzene rings is 1. The zero-order valence-corrected chi connectivity index (χ0v) is 15.1. The average molecular weight is 409 g/mol. The van der Waals surface area contributed by atoms with E-state index in [4.69, 9.17) is 5.73 Å².